The average Bonchev–Trinajstić information content (AvgIpc) is 2.95. The van der Waals surface area contributed by atoms with Gasteiger partial charge in [0.25, 0.3) is 0 Å². The molecule has 0 saturated carbocycles. The zero-order valence-corrected chi connectivity index (χ0v) is 11.3. The molecule has 0 unspecified atom stereocenters. The number of aromatic amines is 1. The number of nitrogens with one attached hydrogen (secondary N) is 1. The Bertz CT molecular complexity index is 476. The van der Waals surface area contributed by atoms with Crippen LogP contribution in [0.4, 0.5) is 0 Å². The van der Waals surface area contributed by atoms with Crippen molar-refractivity contribution >= 4 is 11.9 Å². The summed E-state index contributed by atoms with van der Waals surface area (Å²) in [6, 6.07) is -0.640. The van der Waals surface area contributed by atoms with Crippen molar-refractivity contribution in [3.63, 3.8) is 0 Å². The highest BCUT2D eigenvalue weighted by Crippen LogP contribution is 2.20. The monoisotopic (exact) mass is 265 g/mol. The van der Waals surface area contributed by atoms with Gasteiger partial charge in [0.1, 0.15) is 6.04 Å². The number of aromatic nitrogens is 2. The summed E-state index contributed by atoms with van der Waals surface area (Å²) in [5.74, 6) is -0.980. The predicted molar refractivity (Wildman–Crippen MR) is 68.8 cm³/mol. The van der Waals surface area contributed by atoms with Crippen molar-refractivity contribution < 1.29 is 14.7 Å². The van der Waals surface area contributed by atoms with E-state index in [1.54, 1.807) is 0 Å². The normalized spacial score (nSPS) is 18.8. The van der Waals surface area contributed by atoms with Gasteiger partial charge in [-0.05, 0) is 38.7 Å². The van der Waals surface area contributed by atoms with Crippen LogP contribution >= 0.6 is 0 Å². The maximum Gasteiger partial charge on any atom is 0.326 e. The molecular weight excluding hydrogens is 246 g/mol. The lowest BCUT2D eigenvalue weighted by Gasteiger charge is -2.21. The van der Waals surface area contributed by atoms with Gasteiger partial charge in [0, 0.05) is 18.7 Å². The van der Waals surface area contributed by atoms with Gasteiger partial charge in [0.15, 0.2) is 0 Å². The van der Waals surface area contributed by atoms with E-state index in [1.807, 2.05) is 13.8 Å². The standard InChI is InChI=1S/C13H19N3O3/c1-8-10(9(2)15-14-8)5-6-12(17)16-7-3-4-11(16)13(18)19/h11H,3-7H2,1-2H3,(H,14,15)(H,18,19)/t11-/m0/s1. The number of aryl methyl sites for hydroxylation is 2. The SMILES string of the molecule is Cc1n[nH]c(C)c1CCC(=O)N1CCC[C@H]1C(=O)O. The molecule has 1 amide bonds. The van der Waals surface area contributed by atoms with Crippen LogP contribution in [0.15, 0.2) is 0 Å². The number of hydrogen-bond donors (Lipinski definition) is 2. The molecule has 19 heavy (non-hydrogen) atoms. The van der Waals surface area contributed by atoms with Gasteiger partial charge in [-0.15, -0.1) is 0 Å². The fourth-order valence-electron chi connectivity index (χ4n) is 2.64. The molecule has 1 aliphatic rings. The number of carboxylic acid groups (broad SMARTS) is 1. The summed E-state index contributed by atoms with van der Waals surface area (Å²) in [6.45, 7) is 4.38. The highest BCUT2D eigenvalue weighted by Gasteiger charge is 2.33. The number of carbonyl (C=O) groups excluding carboxylic acids is 1. The molecule has 1 fully saturated rings. The van der Waals surface area contributed by atoms with E-state index in [1.165, 1.54) is 4.90 Å². The highest BCUT2D eigenvalue weighted by molar-refractivity contribution is 5.84. The number of likely N-dealkylation sites (tertiary alicyclic amines) is 1. The van der Waals surface area contributed by atoms with Crippen LogP contribution in [0.2, 0.25) is 0 Å². The molecule has 1 aromatic heterocycles. The third kappa shape index (κ3) is 2.77. The number of H-pyrrole nitrogens is 1. The minimum absolute atomic E-state index is 0.0788. The summed E-state index contributed by atoms with van der Waals surface area (Å²) in [6.07, 6.45) is 2.28. The minimum atomic E-state index is -0.901. The molecule has 1 aromatic rings. The molecule has 1 atom stereocenters. The average molecular weight is 265 g/mol. The van der Waals surface area contributed by atoms with Crippen LogP contribution in [-0.4, -0.2) is 44.7 Å². The maximum atomic E-state index is 12.1. The Balaban J connectivity index is 1.96. The van der Waals surface area contributed by atoms with E-state index in [4.69, 9.17) is 5.11 Å². The molecule has 2 N–H and O–H groups in total. The first-order valence-electron chi connectivity index (χ1n) is 6.53. The minimum Gasteiger partial charge on any atom is -0.480 e. The second-order valence-electron chi connectivity index (χ2n) is 5.00. The van der Waals surface area contributed by atoms with E-state index >= 15 is 0 Å². The summed E-state index contributed by atoms with van der Waals surface area (Å²) >= 11 is 0. The Labute approximate surface area is 111 Å². The van der Waals surface area contributed by atoms with E-state index in [0.717, 1.165) is 23.4 Å². The van der Waals surface area contributed by atoms with Gasteiger partial charge < -0.3 is 10.0 Å². The first-order valence-corrected chi connectivity index (χ1v) is 6.53. The molecule has 104 valence electrons. The Kier molecular flexibility index (Phi) is 3.87. The smallest absolute Gasteiger partial charge is 0.326 e. The molecule has 2 rings (SSSR count). The van der Waals surface area contributed by atoms with E-state index in [9.17, 15) is 9.59 Å². The molecule has 6 nitrogen and oxygen atoms in total. The quantitative estimate of drug-likeness (QED) is 0.851. The van der Waals surface area contributed by atoms with Crippen LogP contribution in [0, 0.1) is 13.8 Å². The predicted octanol–water partition coefficient (Wildman–Crippen LogP) is 1.03. The van der Waals surface area contributed by atoms with Crippen molar-refractivity contribution in [2.24, 2.45) is 0 Å². The van der Waals surface area contributed by atoms with Gasteiger partial charge in [-0.25, -0.2) is 4.79 Å². The van der Waals surface area contributed by atoms with Gasteiger partial charge >= 0.3 is 5.97 Å². The maximum absolute atomic E-state index is 12.1. The topological polar surface area (TPSA) is 86.3 Å². The Morgan fingerprint density at radius 1 is 1.47 bits per heavy atom. The number of amides is 1. The van der Waals surface area contributed by atoms with E-state index < -0.39 is 12.0 Å². The van der Waals surface area contributed by atoms with E-state index in [0.29, 0.717) is 25.8 Å². The third-order valence-electron chi connectivity index (χ3n) is 3.73. The lowest BCUT2D eigenvalue weighted by molar-refractivity contribution is -0.148. The van der Waals surface area contributed by atoms with Gasteiger partial charge in [-0.3, -0.25) is 9.89 Å². The van der Waals surface area contributed by atoms with Crippen molar-refractivity contribution in [1.82, 2.24) is 15.1 Å². The van der Waals surface area contributed by atoms with Crippen molar-refractivity contribution in [3.05, 3.63) is 17.0 Å². The number of carbonyl (C=O) groups is 2. The lowest BCUT2D eigenvalue weighted by atomic mass is 10.1. The van der Waals surface area contributed by atoms with Gasteiger partial charge in [-0.2, -0.15) is 5.10 Å². The number of rotatable bonds is 4. The Morgan fingerprint density at radius 3 is 2.79 bits per heavy atom. The van der Waals surface area contributed by atoms with Gasteiger partial charge in [-0.1, -0.05) is 0 Å². The second-order valence-corrected chi connectivity index (χ2v) is 5.00. The first-order chi connectivity index (χ1) is 9.00. The third-order valence-corrected chi connectivity index (χ3v) is 3.73. The van der Waals surface area contributed by atoms with Crippen LogP contribution in [0.3, 0.4) is 0 Å². The molecule has 1 aliphatic heterocycles. The molecule has 0 spiro atoms. The molecule has 0 aliphatic carbocycles. The Morgan fingerprint density at radius 2 is 2.21 bits per heavy atom. The Hall–Kier alpha value is -1.85. The first kappa shape index (κ1) is 13.6. The summed E-state index contributed by atoms with van der Waals surface area (Å²) in [5, 5.41) is 16.0. The fraction of sp³-hybridized carbons (Fsp3) is 0.615. The van der Waals surface area contributed by atoms with Crippen molar-refractivity contribution in [1.29, 1.82) is 0 Å². The van der Waals surface area contributed by atoms with Crippen LogP contribution in [0.25, 0.3) is 0 Å². The molecule has 1 saturated heterocycles. The van der Waals surface area contributed by atoms with Crippen molar-refractivity contribution in [2.75, 3.05) is 6.54 Å². The summed E-state index contributed by atoms with van der Waals surface area (Å²) in [4.78, 5) is 24.7. The second kappa shape index (κ2) is 5.42. The lowest BCUT2D eigenvalue weighted by Crippen LogP contribution is -2.40. The van der Waals surface area contributed by atoms with E-state index in [2.05, 4.69) is 10.2 Å². The van der Waals surface area contributed by atoms with E-state index in [-0.39, 0.29) is 5.91 Å². The summed E-state index contributed by atoms with van der Waals surface area (Å²) in [5.41, 5.74) is 2.93. The number of aliphatic carboxylic acids is 1. The van der Waals surface area contributed by atoms with Crippen LogP contribution in [0.1, 0.15) is 36.2 Å². The van der Waals surface area contributed by atoms with Crippen molar-refractivity contribution in [2.45, 2.75) is 45.6 Å². The van der Waals surface area contributed by atoms with Gasteiger partial charge in [0.2, 0.25) is 5.91 Å². The largest absolute Gasteiger partial charge is 0.480 e. The molecule has 0 bridgehead atoms. The zero-order chi connectivity index (χ0) is 14.0. The molecule has 2 heterocycles. The van der Waals surface area contributed by atoms with Gasteiger partial charge in [0.05, 0.1) is 5.69 Å². The fourth-order valence-corrected chi connectivity index (χ4v) is 2.64. The van der Waals surface area contributed by atoms with Crippen molar-refractivity contribution in [3.8, 4) is 0 Å². The number of hydrogen-bond acceptors (Lipinski definition) is 3. The molecular formula is C13H19N3O3. The summed E-state index contributed by atoms with van der Waals surface area (Å²) < 4.78 is 0. The van der Waals surface area contributed by atoms with Crippen LogP contribution in [0.5, 0.6) is 0 Å². The number of nitrogens with zero attached hydrogens (tertiary/aromatic N) is 2. The molecule has 0 radical (unpaired) electrons. The summed E-state index contributed by atoms with van der Waals surface area (Å²) in [7, 11) is 0. The molecule has 6 heteroatoms. The van der Waals surface area contributed by atoms with Crippen LogP contribution < -0.4 is 0 Å². The zero-order valence-electron chi connectivity index (χ0n) is 11.3. The highest BCUT2D eigenvalue weighted by atomic mass is 16.4. The van der Waals surface area contributed by atoms with Crippen LogP contribution in [-0.2, 0) is 16.0 Å². The number of carboxylic acids is 1. The molecule has 0 aromatic carbocycles.